The maximum atomic E-state index is 10.8. The smallest absolute Gasteiger partial charge is 0.335 e. The van der Waals surface area contributed by atoms with Gasteiger partial charge in [0.1, 0.15) is 49.1 Å². The van der Waals surface area contributed by atoms with E-state index >= 15 is 0 Å². The Morgan fingerprint density at radius 2 is 0.933 bits per heavy atom. The standard InChI is InChI=1S/C20H22O10/c21-15(9-29-13-5-1-11(2-6-13)19(25)26)17(23)18(24)16(22)10-30-14-7-3-12(4-8-14)20(27)28/h1-8,15-18,21-24H,9-10H2,(H,25,26)(H,27,28)/t15-,16-,17-,18-/m1/s1. The fourth-order valence-corrected chi connectivity index (χ4v) is 2.40. The molecule has 0 radical (unpaired) electrons. The summed E-state index contributed by atoms with van der Waals surface area (Å²) in [6.45, 7) is -0.844. The van der Waals surface area contributed by atoms with E-state index in [4.69, 9.17) is 19.7 Å². The van der Waals surface area contributed by atoms with Crippen molar-refractivity contribution in [3.8, 4) is 11.5 Å². The summed E-state index contributed by atoms with van der Waals surface area (Å²) in [6, 6.07) is 10.7. The summed E-state index contributed by atoms with van der Waals surface area (Å²) in [5, 5.41) is 57.6. The van der Waals surface area contributed by atoms with Crippen molar-refractivity contribution in [1.82, 2.24) is 0 Å². The van der Waals surface area contributed by atoms with Crippen molar-refractivity contribution in [2.24, 2.45) is 0 Å². The van der Waals surface area contributed by atoms with Gasteiger partial charge in [0, 0.05) is 0 Å². The van der Waals surface area contributed by atoms with Crippen LogP contribution in [0.4, 0.5) is 0 Å². The minimum atomic E-state index is -1.75. The second-order valence-electron chi connectivity index (χ2n) is 6.40. The number of carboxylic acids is 2. The first-order chi connectivity index (χ1) is 14.2. The van der Waals surface area contributed by atoms with Gasteiger partial charge in [-0.25, -0.2) is 9.59 Å². The van der Waals surface area contributed by atoms with E-state index in [2.05, 4.69) is 0 Å². The molecule has 0 aliphatic carbocycles. The van der Waals surface area contributed by atoms with E-state index in [-0.39, 0.29) is 22.6 Å². The number of hydrogen-bond donors (Lipinski definition) is 6. The molecule has 0 bridgehead atoms. The summed E-state index contributed by atoms with van der Waals surface area (Å²) in [7, 11) is 0. The molecule has 0 saturated heterocycles. The van der Waals surface area contributed by atoms with Gasteiger partial charge in [-0.2, -0.15) is 0 Å². The van der Waals surface area contributed by atoms with Gasteiger partial charge in [0.05, 0.1) is 11.1 Å². The lowest BCUT2D eigenvalue weighted by molar-refractivity contribution is -0.119. The zero-order chi connectivity index (χ0) is 22.3. The Morgan fingerprint density at radius 3 is 1.20 bits per heavy atom. The summed E-state index contributed by atoms with van der Waals surface area (Å²) in [4.78, 5) is 21.6. The van der Waals surface area contributed by atoms with E-state index < -0.39 is 49.6 Å². The lowest BCUT2D eigenvalue weighted by Gasteiger charge is -2.26. The predicted octanol–water partition coefficient (Wildman–Crippen LogP) is -0.0156. The second-order valence-corrected chi connectivity index (χ2v) is 6.40. The molecule has 10 nitrogen and oxygen atoms in total. The van der Waals surface area contributed by atoms with Gasteiger partial charge in [-0.3, -0.25) is 0 Å². The lowest BCUT2D eigenvalue weighted by Crippen LogP contribution is -2.48. The highest BCUT2D eigenvalue weighted by molar-refractivity contribution is 5.88. The molecule has 2 aromatic rings. The third kappa shape index (κ3) is 6.42. The molecule has 162 valence electrons. The van der Waals surface area contributed by atoms with Crippen LogP contribution >= 0.6 is 0 Å². The Labute approximate surface area is 171 Å². The highest BCUT2D eigenvalue weighted by Crippen LogP contribution is 2.16. The normalized spacial score (nSPS) is 14.9. The second kappa shape index (κ2) is 10.6. The number of benzene rings is 2. The van der Waals surface area contributed by atoms with E-state index in [0.29, 0.717) is 0 Å². The maximum Gasteiger partial charge on any atom is 0.335 e. The van der Waals surface area contributed by atoms with Crippen LogP contribution in [0.1, 0.15) is 20.7 Å². The first-order valence-electron chi connectivity index (χ1n) is 8.83. The molecule has 6 N–H and O–H groups in total. The summed E-state index contributed by atoms with van der Waals surface area (Å²) in [5.41, 5.74) is 0.109. The molecule has 0 amide bonds. The van der Waals surface area contributed by atoms with Gasteiger partial charge in [0.15, 0.2) is 0 Å². The number of aromatic carboxylic acids is 2. The van der Waals surface area contributed by atoms with E-state index in [1.807, 2.05) is 0 Å². The number of carbonyl (C=O) groups is 2. The molecule has 0 unspecified atom stereocenters. The molecule has 0 aliphatic heterocycles. The minimum absolute atomic E-state index is 0.0547. The third-order valence-electron chi connectivity index (χ3n) is 4.18. The maximum absolute atomic E-state index is 10.8. The molecule has 0 saturated carbocycles. The van der Waals surface area contributed by atoms with Gasteiger partial charge in [0.25, 0.3) is 0 Å². The Morgan fingerprint density at radius 1 is 0.633 bits per heavy atom. The average Bonchev–Trinajstić information content (AvgIpc) is 2.75. The van der Waals surface area contributed by atoms with Crippen LogP contribution in [-0.2, 0) is 0 Å². The van der Waals surface area contributed by atoms with E-state index in [1.54, 1.807) is 0 Å². The van der Waals surface area contributed by atoms with Gasteiger partial charge in [-0.15, -0.1) is 0 Å². The first kappa shape index (κ1) is 23.1. The summed E-state index contributed by atoms with van der Waals surface area (Å²) in [5.74, 6) is -1.72. The summed E-state index contributed by atoms with van der Waals surface area (Å²) < 4.78 is 10.5. The van der Waals surface area contributed by atoms with Crippen LogP contribution in [0.2, 0.25) is 0 Å². The highest BCUT2D eigenvalue weighted by atomic mass is 16.5. The van der Waals surface area contributed by atoms with Crippen molar-refractivity contribution in [3.05, 3.63) is 59.7 Å². The average molecular weight is 422 g/mol. The molecule has 30 heavy (non-hydrogen) atoms. The van der Waals surface area contributed by atoms with Crippen molar-refractivity contribution >= 4 is 11.9 Å². The predicted molar refractivity (Wildman–Crippen MR) is 102 cm³/mol. The number of rotatable bonds is 11. The molecule has 0 fully saturated rings. The lowest BCUT2D eigenvalue weighted by atomic mass is 10.0. The first-order valence-corrected chi connectivity index (χ1v) is 8.83. The minimum Gasteiger partial charge on any atom is -0.491 e. The van der Waals surface area contributed by atoms with Crippen molar-refractivity contribution in [1.29, 1.82) is 0 Å². The van der Waals surface area contributed by atoms with Gasteiger partial charge < -0.3 is 40.1 Å². The zero-order valence-corrected chi connectivity index (χ0v) is 15.7. The van der Waals surface area contributed by atoms with Crippen LogP contribution in [-0.4, -0.2) is 80.2 Å². The van der Waals surface area contributed by atoms with Crippen LogP contribution in [0.25, 0.3) is 0 Å². The molecular weight excluding hydrogens is 400 g/mol. The van der Waals surface area contributed by atoms with Gasteiger partial charge in [-0.1, -0.05) is 0 Å². The Kier molecular flexibility index (Phi) is 8.13. The highest BCUT2D eigenvalue weighted by Gasteiger charge is 2.31. The number of aliphatic hydroxyl groups excluding tert-OH is 4. The fourth-order valence-electron chi connectivity index (χ4n) is 2.40. The molecular formula is C20H22O10. The Balaban J connectivity index is 1.81. The molecule has 4 atom stereocenters. The molecule has 0 heterocycles. The van der Waals surface area contributed by atoms with E-state index in [0.717, 1.165) is 0 Å². The quantitative estimate of drug-likeness (QED) is 0.289. The van der Waals surface area contributed by atoms with Crippen LogP contribution in [0.15, 0.2) is 48.5 Å². The molecule has 0 spiro atoms. The Hall–Kier alpha value is -3.18. The zero-order valence-electron chi connectivity index (χ0n) is 15.7. The SMILES string of the molecule is O=C(O)c1ccc(OC[C@@H](O)[C@@H](O)[C@H](O)[C@H](O)COc2ccc(C(=O)O)cc2)cc1. The fraction of sp³-hybridized carbons (Fsp3) is 0.300. The number of aliphatic hydroxyl groups is 4. The van der Waals surface area contributed by atoms with Crippen molar-refractivity contribution in [2.45, 2.75) is 24.4 Å². The van der Waals surface area contributed by atoms with Gasteiger partial charge >= 0.3 is 11.9 Å². The Bertz CT molecular complexity index is 762. The molecule has 2 aromatic carbocycles. The van der Waals surface area contributed by atoms with Crippen molar-refractivity contribution in [2.75, 3.05) is 13.2 Å². The number of hydrogen-bond acceptors (Lipinski definition) is 8. The largest absolute Gasteiger partial charge is 0.491 e. The van der Waals surface area contributed by atoms with Crippen LogP contribution < -0.4 is 9.47 Å². The monoisotopic (exact) mass is 422 g/mol. The molecule has 10 heteroatoms. The van der Waals surface area contributed by atoms with Gasteiger partial charge in [-0.05, 0) is 48.5 Å². The number of carboxylic acid groups (broad SMARTS) is 2. The third-order valence-corrected chi connectivity index (χ3v) is 4.18. The van der Waals surface area contributed by atoms with Crippen LogP contribution in [0, 0.1) is 0 Å². The topological polar surface area (TPSA) is 174 Å². The van der Waals surface area contributed by atoms with Crippen molar-refractivity contribution < 1.29 is 49.7 Å². The van der Waals surface area contributed by atoms with Crippen LogP contribution in [0.3, 0.4) is 0 Å². The van der Waals surface area contributed by atoms with E-state index in [1.165, 1.54) is 48.5 Å². The summed E-state index contributed by atoms with van der Waals surface area (Å²) >= 11 is 0. The molecule has 0 aromatic heterocycles. The summed E-state index contributed by atoms with van der Waals surface area (Å²) in [6.07, 6.45) is -6.61. The number of ether oxygens (including phenoxy) is 2. The van der Waals surface area contributed by atoms with Gasteiger partial charge in [0.2, 0.25) is 0 Å². The van der Waals surface area contributed by atoms with Crippen molar-refractivity contribution in [3.63, 3.8) is 0 Å². The van der Waals surface area contributed by atoms with E-state index in [9.17, 15) is 30.0 Å². The van der Waals surface area contributed by atoms with Crippen LogP contribution in [0.5, 0.6) is 11.5 Å². The molecule has 0 aliphatic rings. The molecule has 2 rings (SSSR count).